The Morgan fingerprint density at radius 3 is 2.40 bits per heavy atom. The van der Waals surface area contributed by atoms with E-state index in [2.05, 4.69) is 10.7 Å². The third-order valence-corrected chi connectivity index (χ3v) is 2.08. The molecule has 1 aromatic heterocycles. The van der Waals surface area contributed by atoms with E-state index in [1.54, 1.807) is 0 Å². The number of hydrogen-bond donors (Lipinski definition) is 1. The summed E-state index contributed by atoms with van der Waals surface area (Å²) < 4.78 is 26.1. The van der Waals surface area contributed by atoms with Crippen LogP contribution in [-0.4, -0.2) is 10.9 Å². The summed E-state index contributed by atoms with van der Waals surface area (Å²) in [7, 11) is 0. The molecule has 0 spiro atoms. The molecule has 0 unspecified atom stereocenters. The summed E-state index contributed by atoms with van der Waals surface area (Å²) in [6.07, 6.45) is 1.33. The maximum Gasteiger partial charge on any atom is 0.365 e. The fourth-order valence-electron chi connectivity index (χ4n) is 1.06. The molecule has 0 radical (unpaired) electrons. The second-order valence-electron chi connectivity index (χ2n) is 3.57. The number of pyridine rings is 1. The van der Waals surface area contributed by atoms with Crippen molar-refractivity contribution in [1.29, 1.82) is 0 Å². The number of nitrogens with two attached hydrogens (primary N) is 1. The summed E-state index contributed by atoms with van der Waals surface area (Å²) in [6.45, 7) is 3.84. The van der Waals surface area contributed by atoms with E-state index in [0.717, 1.165) is 11.6 Å². The number of halogens is 2. The van der Waals surface area contributed by atoms with E-state index in [9.17, 15) is 13.6 Å². The Labute approximate surface area is 86.3 Å². The van der Waals surface area contributed by atoms with E-state index in [4.69, 9.17) is 0 Å². The summed E-state index contributed by atoms with van der Waals surface area (Å²) >= 11 is 0. The highest BCUT2D eigenvalue weighted by Crippen LogP contribution is 2.26. The third kappa shape index (κ3) is 2.29. The normalized spacial score (nSPS) is 11.8. The molecule has 0 saturated heterocycles. The van der Waals surface area contributed by atoms with Gasteiger partial charge in [-0.2, -0.15) is 8.78 Å². The van der Waals surface area contributed by atoms with E-state index in [-0.39, 0.29) is 5.92 Å². The molecule has 3 nitrogen and oxygen atoms in total. The third-order valence-electron chi connectivity index (χ3n) is 2.08. The van der Waals surface area contributed by atoms with E-state index in [0.29, 0.717) is 0 Å². The highest BCUT2D eigenvalue weighted by atomic mass is 19.3. The number of primary amides is 1. The SMILES string of the molecule is CC(C)c1ccc(C(F)(F)C(N)=O)nc1. The lowest BCUT2D eigenvalue weighted by Gasteiger charge is -2.12. The van der Waals surface area contributed by atoms with Crippen LogP contribution in [0.3, 0.4) is 0 Å². The molecule has 0 aliphatic rings. The van der Waals surface area contributed by atoms with Crippen LogP contribution in [0.15, 0.2) is 18.3 Å². The van der Waals surface area contributed by atoms with Crippen LogP contribution in [0.1, 0.15) is 31.0 Å². The summed E-state index contributed by atoms with van der Waals surface area (Å²) in [5, 5.41) is 0. The van der Waals surface area contributed by atoms with Crippen molar-refractivity contribution < 1.29 is 13.6 Å². The maximum absolute atomic E-state index is 13.1. The van der Waals surface area contributed by atoms with Gasteiger partial charge in [0, 0.05) is 6.20 Å². The lowest BCUT2D eigenvalue weighted by molar-refractivity contribution is -0.143. The number of hydrogen-bond acceptors (Lipinski definition) is 2. The van der Waals surface area contributed by atoms with Gasteiger partial charge in [0.25, 0.3) is 5.91 Å². The Morgan fingerprint density at radius 2 is 2.07 bits per heavy atom. The zero-order valence-electron chi connectivity index (χ0n) is 8.50. The molecule has 0 aliphatic carbocycles. The van der Waals surface area contributed by atoms with Gasteiger partial charge in [-0.3, -0.25) is 9.78 Å². The van der Waals surface area contributed by atoms with Crippen molar-refractivity contribution >= 4 is 5.91 Å². The van der Waals surface area contributed by atoms with E-state index in [1.165, 1.54) is 12.3 Å². The summed E-state index contributed by atoms with van der Waals surface area (Å²) in [5.74, 6) is -5.18. The lowest BCUT2D eigenvalue weighted by atomic mass is 10.0. The molecule has 1 amide bonds. The fourth-order valence-corrected chi connectivity index (χ4v) is 1.06. The predicted octanol–water partition coefficient (Wildman–Crippen LogP) is 1.78. The van der Waals surface area contributed by atoms with Gasteiger partial charge in [0.1, 0.15) is 5.69 Å². The highest BCUT2D eigenvalue weighted by molar-refractivity contribution is 5.82. The van der Waals surface area contributed by atoms with Crippen molar-refractivity contribution in [2.45, 2.75) is 25.7 Å². The topological polar surface area (TPSA) is 56.0 Å². The van der Waals surface area contributed by atoms with Crippen LogP contribution in [0.4, 0.5) is 8.78 Å². The number of rotatable bonds is 3. The molecule has 0 atom stereocenters. The summed E-state index contributed by atoms with van der Waals surface area (Å²) in [5.41, 5.74) is 4.79. The second kappa shape index (κ2) is 3.92. The molecule has 0 aliphatic heterocycles. The minimum atomic E-state index is -3.70. The van der Waals surface area contributed by atoms with Crippen molar-refractivity contribution in [3.8, 4) is 0 Å². The average Bonchev–Trinajstić information content (AvgIpc) is 2.17. The monoisotopic (exact) mass is 214 g/mol. The first kappa shape index (κ1) is 11.6. The number of alkyl halides is 2. The summed E-state index contributed by atoms with van der Waals surface area (Å²) in [4.78, 5) is 14.0. The van der Waals surface area contributed by atoms with Crippen molar-refractivity contribution in [1.82, 2.24) is 4.98 Å². The van der Waals surface area contributed by atoms with Crippen molar-refractivity contribution in [3.05, 3.63) is 29.6 Å². The predicted molar refractivity (Wildman–Crippen MR) is 51.4 cm³/mol. The molecule has 0 bridgehead atoms. The van der Waals surface area contributed by atoms with Crippen molar-refractivity contribution in [3.63, 3.8) is 0 Å². The van der Waals surface area contributed by atoms with Crippen LogP contribution < -0.4 is 5.73 Å². The smallest absolute Gasteiger partial charge is 0.364 e. The van der Waals surface area contributed by atoms with Crippen LogP contribution in [0, 0.1) is 0 Å². The molecule has 0 fully saturated rings. The Morgan fingerprint density at radius 1 is 1.47 bits per heavy atom. The van der Waals surface area contributed by atoms with Crippen molar-refractivity contribution in [2.24, 2.45) is 5.73 Å². The molecule has 2 N–H and O–H groups in total. The van der Waals surface area contributed by atoms with Gasteiger partial charge in [-0.05, 0) is 17.5 Å². The molecular formula is C10H12F2N2O. The molecule has 82 valence electrons. The van der Waals surface area contributed by atoms with E-state index < -0.39 is 17.5 Å². The van der Waals surface area contributed by atoms with Gasteiger partial charge in [0.15, 0.2) is 0 Å². The Bertz CT molecular complexity index is 360. The standard InChI is InChI=1S/C10H12F2N2O/c1-6(2)7-3-4-8(14-5-7)10(11,12)9(13)15/h3-6H,1-2H3,(H2,13,15). The van der Waals surface area contributed by atoms with Gasteiger partial charge < -0.3 is 5.73 Å². The largest absolute Gasteiger partial charge is 0.365 e. The van der Waals surface area contributed by atoms with Crippen LogP contribution in [0.2, 0.25) is 0 Å². The minimum absolute atomic E-state index is 0.203. The average molecular weight is 214 g/mol. The number of amides is 1. The van der Waals surface area contributed by atoms with Gasteiger partial charge in [0.2, 0.25) is 0 Å². The summed E-state index contributed by atoms with van der Waals surface area (Å²) in [6, 6.07) is 2.64. The first-order chi connectivity index (χ1) is 6.85. The van der Waals surface area contributed by atoms with Crippen molar-refractivity contribution in [2.75, 3.05) is 0 Å². The van der Waals surface area contributed by atoms with E-state index in [1.807, 2.05) is 13.8 Å². The number of nitrogens with zero attached hydrogens (tertiary/aromatic N) is 1. The molecule has 0 saturated carbocycles. The van der Waals surface area contributed by atoms with Crippen LogP contribution in [0.5, 0.6) is 0 Å². The lowest BCUT2D eigenvalue weighted by Crippen LogP contribution is -2.33. The van der Waals surface area contributed by atoms with Gasteiger partial charge in [-0.1, -0.05) is 19.9 Å². The second-order valence-corrected chi connectivity index (χ2v) is 3.57. The number of carbonyl (C=O) groups excluding carboxylic acids is 1. The first-order valence-electron chi connectivity index (χ1n) is 4.50. The quantitative estimate of drug-likeness (QED) is 0.833. The fraction of sp³-hybridized carbons (Fsp3) is 0.400. The molecule has 1 aromatic rings. The van der Waals surface area contributed by atoms with Gasteiger partial charge in [0.05, 0.1) is 0 Å². The Kier molecular flexibility index (Phi) is 3.02. The number of carbonyl (C=O) groups is 1. The zero-order valence-corrected chi connectivity index (χ0v) is 8.50. The van der Waals surface area contributed by atoms with E-state index >= 15 is 0 Å². The molecule has 15 heavy (non-hydrogen) atoms. The molecule has 0 aromatic carbocycles. The van der Waals surface area contributed by atoms with Crippen LogP contribution in [-0.2, 0) is 10.7 Å². The molecule has 1 rings (SSSR count). The Balaban J connectivity index is 3.04. The first-order valence-corrected chi connectivity index (χ1v) is 4.50. The van der Waals surface area contributed by atoms with Crippen LogP contribution >= 0.6 is 0 Å². The minimum Gasteiger partial charge on any atom is -0.364 e. The number of aromatic nitrogens is 1. The molecule has 5 heteroatoms. The Hall–Kier alpha value is -1.52. The highest BCUT2D eigenvalue weighted by Gasteiger charge is 2.40. The van der Waals surface area contributed by atoms with Gasteiger partial charge in [-0.15, -0.1) is 0 Å². The molecule has 1 heterocycles. The molecular weight excluding hydrogens is 202 g/mol. The zero-order chi connectivity index (χ0) is 11.6. The van der Waals surface area contributed by atoms with Gasteiger partial charge in [-0.25, -0.2) is 0 Å². The van der Waals surface area contributed by atoms with Gasteiger partial charge >= 0.3 is 5.92 Å². The maximum atomic E-state index is 13.1. The van der Waals surface area contributed by atoms with Crippen LogP contribution in [0.25, 0.3) is 0 Å².